The van der Waals surface area contributed by atoms with Crippen LogP contribution in [0.3, 0.4) is 0 Å². The summed E-state index contributed by atoms with van der Waals surface area (Å²) in [5, 5.41) is 3.52. The van der Waals surface area contributed by atoms with Crippen LogP contribution in [0.25, 0.3) is 0 Å². The van der Waals surface area contributed by atoms with Crippen molar-refractivity contribution in [3.8, 4) is 0 Å². The first-order chi connectivity index (χ1) is 14.7. The highest BCUT2D eigenvalue weighted by Gasteiger charge is 2.72. The normalized spacial score (nSPS) is 44.3. The first-order valence-electron chi connectivity index (χ1n) is 12.5. The molecule has 1 aliphatic carbocycles. The van der Waals surface area contributed by atoms with Gasteiger partial charge in [0.2, 0.25) is 5.79 Å². The van der Waals surface area contributed by atoms with Crippen LogP contribution in [-0.4, -0.2) is 67.2 Å². The van der Waals surface area contributed by atoms with Crippen LogP contribution in [0.15, 0.2) is 0 Å². The van der Waals surface area contributed by atoms with Crippen molar-refractivity contribution in [2.75, 3.05) is 26.2 Å². The fourth-order valence-corrected chi connectivity index (χ4v) is 6.57. The molecular weight excluding hydrogens is 396 g/mol. The lowest BCUT2D eigenvalue weighted by Gasteiger charge is -2.66. The van der Waals surface area contributed by atoms with Crippen LogP contribution in [-0.2, 0) is 24.0 Å². The number of nitrogens with one attached hydrogen (secondary N) is 1. The van der Waals surface area contributed by atoms with Crippen LogP contribution < -0.4 is 5.32 Å². The molecule has 1 spiro atoms. The van der Waals surface area contributed by atoms with Crippen molar-refractivity contribution in [3.05, 3.63) is 0 Å². The lowest BCUT2D eigenvalue weighted by molar-refractivity contribution is -0.615. The van der Waals surface area contributed by atoms with Crippen molar-refractivity contribution in [1.82, 2.24) is 10.2 Å². The second-order valence-electron chi connectivity index (χ2n) is 11.0. The van der Waals surface area contributed by atoms with Gasteiger partial charge in [-0.3, -0.25) is 4.90 Å². The number of hydrogen-bond donors (Lipinski definition) is 1. The molecule has 7 heteroatoms. The van der Waals surface area contributed by atoms with E-state index in [0.29, 0.717) is 36.4 Å². The molecule has 8 atom stereocenters. The van der Waals surface area contributed by atoms with Gasteiger partial charge >= 0.3 is 0 Å². The number of fused-ring (bicyclic) bond motifs is 1. The molecule has 4 saturated heterocycles. The first kappa shape index (κ1) is 23.9. The van der Waals surface area contributed by atoms with Gasteiger partial charge in [-0.05, 0) is 53.4 Å². The van der Waals surface area contributed by atoms with Crippen LogP contribution in [0.5, 0.6) is 0 Å². The van der Waals surface area contributed by atoms with Crippen molar-refractivity contribution in [2.24, 2.45) is 23.7 Å². The van der Waals surface area contributed by atoms with E-state index in [1.54, 1.807) is 0 Å². The fraction of sp³-hybridized carbons (Fsp3) is 1.00. The minimum Gasteiger partial charge on any atom is -0.351 e. The Labute approximate surface area is 188 Å². The second-order valence-corrected chi connectivity index (χ2v) is 11.0. The molecule has 1 N–H and O–H groups in total. The van der Waals surface area contributed by atoms with Crippen LogP contribution in [0.4, 0.5) is 0 Å². The van der Waals surface area contributed by atoms with E-state index in [4.69, 9.17) is 24.0 Å². The summed E-state index contributed by atoms with van der Waals surface area (Å²) < 4.78 is 18.9. The van der Waals surface area contributed by atoms with E-state index < -0.39 is 17.7 Å². The molecule has 2 bridgehead atoms. The van der Waals surface area contributed by atoms with Crippen molar-refractivity contribution < 1.29 is 24.0 Å². The Bertz CT molecular complexity index is 611. The number of rotatable bonds is 9. The molecule has 5 rings (SSSR count). The molecule has 5 fully saturated rings. The minimum atomic E-state index is -0.724. The number of hydrogen-bond acceptors (Lipinski definition) is 7. The second kappa shape index (κ2) is 9.16. The summed E-state index contributed by atoms with van der Waals surface area (Å²) in [6.45, 7) is 19.0. The molecule has 4 aliphatic heterocycles. The van der Waals surface area contributed by atoms with Gasteiger partial charge in [-0.15, -0.1) is 0 Å². The Kier molecular flexibility index (Phi) is 7.05. The average Bonchev–Trinajstić information content (AvgIpc) is 2.70. The summed E-state index contributed by atoms with van der Waals surface area (Å²) in [5.41, 5.74) is -0.496. The van der Waals surface area contributed by atoms with Crippen LogP contribution in [0, 0.1) is 23.7 Å². The van der Waals surface area contributed by atoms with E-state index in [0.717, 1.165) is 32.5 Å². The van der Waals surface area contributed by atoms with Crippen molar-refractivity contribution in [3.63, 3.8) is 0 Å². The van der Waals surface area contributed by atoms with Gasteiger partial charge in [0.1, 0.15) is 0 Å². The Balaban J connectivity index is 1.30. The molecule has 0 aromatic heterocycles. The quantitative estimate of drug-likeness (QED) is 0.435. The average molecular weight is 441 g/mol. The zero-order valence-electron chi connectivity index (χ0n) is 20.6. The third kappa shape index (κ3) is 4.32. The molecule has 7 nitrogen and oxygen atoms in total. The highest BCUT2D eigenvalue weighted by molar-refractivity contribution is 5.10. The summed E-state index contributed by atoms with van der Waals surface area (Å²) in [7, 11) is 0. The van der Waals surface area contributed by atoms with Gasteiger partial charge in [-0.25, -0.2) is 9.78 Å². The summed E-state index contributed by atoms with van der Waals surface area (Å²) >= 11 is 0. The topological polar surface area (TPSA) is 61.4 Å². The van der Waals surface area contributed by atoms with E-state index in [1.165, 1.54) is 6.42 Å². The Morgan fingerprint density at radius 3 is 2.48 bits per heavy atom. The Morgan fingerprint density at radius 2 is 1.77 bits per heavy atom. The summed E-state index contributed by atoms with van der Waals surface area (Å²) in [6.07, 6.45) is 2.49. The zero-order valence-corrected chi connectivity index (χ0v) is 20.6. The van der Waals surface area contributed by atoms with Gasteiger partial charge in [0, 0.05) is 55.9 Å². The fourth-order valence-electron chi connectivity index (χ4n) is 6.57. The molecule has 5 aliphatic rings. The van der Waals surface area contributed by atoms with E-state index in [-0.39, 0.29) is 12.2 Å². The third-order valence-electron chi connectivity index (χ3n) is 8.21. The van der Waals surface area contributed by atoms with E-state index in [2.05, 4.69) is 51.8 Å². The van der Waals surface area contributed by atoms with E-state index in [9.17, 15) is 0 Å². The van der Waals surface area contributed by atoms with E-state index >= 15 is 0 Å². The predicted octanol–water partition coefficient (Wildman–Crippen LogP) is 3.53. The molecule has 1 saturated carbocycles. The summed E-state index contributed by atoms with van der Waals surface area (Å²) in [4.78, 5) is 14.3. The Hall–Kier alpha value is -0.280. The smallest absolute Gasteiger partial charge is 0.202 e. The molecule has 180 valence electrons. The largest absolute Gasteiger partial charge is 0.351 e. The van der Waals surface area contributed by atoms with Gasteiger partial charge in [-0.2, -0.15) is 0 Å². The molecule has 0 aromatic rings. The minimum absolute atomic E-state index is 0.235. The van der Waals surface area contributed by atoms with E-state index in [1.807, 2.05) is 6.92 Å². The molecule has 0 radical (unpaired) electrons. The van der Waals surface area contributed by atoms with Gasteiger partial charge < -0.3 is 19.5 Å². The standard InChI is InChI=1S/C24H44N2O5/c1-15(2)26(16(3)4)12-10-25-11-13-27-21-18(6)19-9-8-17(5)20-14-23(7)29-22(28-21)24(19,20)31-30-23/h15-22,25H,8-14H2,1-7H3/t17-,18-,19?,20?,21+,22-,23?,24+/m1/s1. The maximum atomic E-state index is 6.40. The van der Waals surface area contributed by atoms with Gasteiger partial charge in [0.05, 0.1) is 6.61 Å². The van der Waals surface area contributed by atoms with Crippen molar-refractivity contribution in [2.45, 2.75) is 104 Å². The van der Waals surface area contributed by atoms with Gasteiger partial charge in [0.15, 0.2) is 18.2 Å². The third-order valence-corrected chi connectivity index (χ3v) is 8.21. The molecule has 31 heavy (non-hydrogen) atoms. The van der Waals surface area contributed by atoms with Crippen LogP contribution in [0.2, 0.25) is 0 Å². The van der Waals surface area contributed by atoms with Crippen molar-refractivity contribution in [1.29, 1.82) is 0 Å². The molecule has 0 amide bonds. The lowest BCUT2D eigenvalue weighted by atomic mass is 9.56. The highest BCUT2D eigenvalue weighted by atomic mass is 17.3. The first-order valence-corrected chi connectivity index (χ1v) is 12.5. The molecule has 0 aromatic carbocycles. The predicted molar refractivity (Wildman–Crippen MR) is 118 cm³/mol. The van der Waals surface area contributed by atoms with Crippen LogP contribution >= 0.6 is 0 Å². The molecule has 3 unspecified atom stereocenters. The number of nitrogens with zero attached hydrogens (tertiary/aromatic N) is 1. The Morgan fingerprint density at radius 1 is 1.03 bits per heavy atom. The zero-order chi connectivity index (χ0) is 22.4. The SMILES string of the molecule is CC(C)N(CCNCCO[C@H]1O[C@@H]2OC3(C)CC4[C@H](C)CCC([C@H]1C)[C@]42OO3)C(C)C. The molecular formula is C24H44N2O5. The van der Waals surface area contributed by atoms with Gasteiger partial charge in [-0.1, -0.05) is 13.8 Å². The monoisotopic (exact) mass is 440 g/mol. The maximum Gasteiger partial charge on any atom is 0.202 e. The number of ether oxygens (including phenoxy) is 3. The molecule has 4 heterocycles. The van der Waals surface area contributed by atoms with Gasteiger partial charge in [0.25, 0.3) is 0 Å². The summed E-state index contributed by atoms with van der Waals surface area (Å²) in [6, 6.07) is 1.12. The maximum absolute atomic E-state index is 6.40. The highest BCUT2D eigenvalue weighted by Crippen LogP contribution is 2.62. The van der Waals surface area contributed by atoms with Crippen LogP contribution in [0.1, 0.15) is 67.7 Å². The van der Waals surface area contributed by atoms with Crippen molar-refractivity contribution >= 4 is 0 Å². The summed E-state index contributed by atoms with van der Waals surface area (Å²) in [5.74, 6) is 0.816. The lowest BCUT2D eigenvalue weighted by Crippen LogP contribution is -2.76.